The zero-order chi connectivity index (χ0) is 13.5. The SMILES string of the molecule is CCCCCNCCS.O=C(O)/C=C/C(=O)O. The summed E-state index contributed by atoms with van der Waals surface area (Å²) >= 11 is 4.08. The van der Waals surface area contributed by atoms with E-state index in [9.17, 15) is 9.59 Å². The molecule has 0 saturated heterocycles. The van der Waals surface area contributed by atoms with Gasteiger partial charge in [-0.15, -0.1) is 0 Å². The number of unbranched alkanes of at least 4 members (excludes halogenated alkanes) is 2. The van der Waals surface area contributed by atoms with Gasteiger partial charge >= 0.3 is 11.9 Å². The van der Waals surface area contributed by atoms with Gasteiger partial charge < -0.3 is 15.5 Å². The van der Waals surface area contributed by atoms with Crippen molar-refractivity contribution in [2.75, 3.05) is 18.8 Å². The molecular weight excluding hydrogens is 242 g/mol. The lowest BCUT2D eigenvalue weighted by atomic mass is 10.2. The molecular formula is C11H21NO4S. The molecule has 0 amide bonds. The van der Waals surface area contributed by atoms with Crippen LogP contribution in [0.3, 0.4) is 0 Å². The highest BCUT2D eigenvalue weighted by molar-refractivity contribution is 7.80. The summed E-state index contributed by atoms with van der Waals surface area (Å²) in [5.74, 6) is -1.56. The zero-order valence-electron chi connectivity index (χ0n) is 10.1. The molecule has 17 heavy (non-hydrogen) atoms. The van der Waals surface area contributed by atoms with Gasteiger partial charge in [0.05, 0.1) is 0 Å². The van der Waals surface area contributed by atoms with Crippen molar-refractivity contribution in [2.45, 2.75) is 26.2 Å². The maximum atomic E-state index is 9.55. The Morgan fingerprint density at radius 3 is 2.00 bits per heavy atom. The number of nitrogens with one attached hydrogen (secondary N) is 1. The second-order valence-electron chi connectivity index (χ2n) is 3.19. The van der Waals surface area contributed by atoms with Crippen LogP contribution < -0.4 is 5.32 Å². The molecule has 0 heterocycles. The van der Waals surface area contributed by atoms with Crippen LogP contribution in [0.1, 0.15) is 26.2 Å². The first kappa shape index (κ1) is 18.4. The number of carboxylic acids is 2. The van der Waals surface area contributed by atoms with Crippen molar-refractivity contribution in [3.8, 4) is 0 Å². The number of carboxylic acid groups (broad SMARTS) is 2. The quantitative estimate of drug-likeness (QED) is 0.302. The first-order valence-electron chi connectivity index (χ1n) is 5.50. The van der Waals surface area contributed by atoms with E-state index < -0.39 is 11.9 Å². The molecule has 0 unspecified atom stereocenters. The van der Waals surface area contributed by atoms with Crippen LogP contribution in [-0.4, -0.2) is 41.0 Å². The number of hydrogen-bond acceptors (Lipinski definition) is 4. The Morgan fingerprint density at radius 1 is 1.12 bits per heavy atom. The van der Waals surface area contributed by atoms with Crippen LogP contribution in [-0.2, 0) is 9.59 Å². The molecule has 0 rings (SSSR count). The highest BCUT2D eigenvalue weighted by Gasteiger charge is 1.88. The van der Waals surface area contributed by atoms with E-state index in [-0.39, 0.29) is 0 Å². The minimum absolute atomic E-state index is 0.558. The van der Waals surface area contributed by atoms with Gasteiger partial charge in [0, 0.05) is 24.4 Å². The predicted octanol–water partition coefficient (Wildman–Crippen LogP) is 1.41. The fourth-order valence-electron chi connectivity index (χ4n) is 0.847. The summed E-state index contributed by atoms with van der Waals surface area (Å²) in [6.45, 7) is 4.43. The molecule has 0 spiro atoms. The molecule has 0 atom stereocenters. The minimum atomic E-state index is -1.26. The Kier molecular flexibility index (Phi) is 16.2. The number of thiol groups is 1. The molecule has 0 bridgehead atoms. The van der Waals surface area contributed by atoms with E-state index in [0.29, 0.717) is 12.2 Å². The monoisotopic (exact) mass is 263 g/mol. The first-order valence-corrected chi connectivity index (χ1v) is 6.13. The standard InChI is InChI=1S/C7H17NS.C4H4O4/c1-2-3-4-5-8-6-7-9;5-3(6)1-2-4(7)8/h8-9H,2-7H2,1H3;1-2H,(H,5,6)(H,7,8)/b;2-1+. The molecule has 3 N–H and O–H groups in total. The van der Waals surface area contributed by atoms with Crippen molar-refractivity contribution >= 4 is 24.6 Å². The van der Waals surface area contributed by atoms with Crippen LogP contribution in [0.5, 0.6) is 0 Å². The third kappa shape index (κ3) is 25.3. The lowest BCUT2D eigenvalue weighted by molar-refractivity contribution is -0.134. The van der Waals surface area contributed by atoms with E-state index in [1.54, 1.807) is 0 Å². The van der Waals surface area contributed by atoms with Gasteiger partial charge in [-0.25, -0.2) is 9.59 Å². The first-order chi connectivity index (χ1) is 8.04. The van der Waals surface area contributed by atoms with Crippen LogP contribution in [0.15, 0.2) is 12.2 Å². The predicted molar refractivity (Wildman–Crippen MR) is 70.7 cm³/mol. The summed E-state index contributed by atoms with van der Waals surface area (Å²) in [5.41, 5.74) is 0. The van der Waals surface area contributed by atoms with Crippen LogP contribution in [0, 0.1) is 0 Å². The van der Waals surface area contributed by atoms with Gasteiger partial charge in [-0.05, 0) is 13.0 Å². The molecule has 0 aliphatic rings. The molecule has 0 aromatic rings. The zero-order valence-corrected chi connectivity index (χ0v) is 10.9. The molecule has 0 aliphatic heterocycles. The van der Waals surface area contributed by atoms with Gasteiger partial charge in [-0.2, -0.15) is 12.6 Å². The smallest absolute Gasteiger partial charge is 0.328 e. The van der Waals surface area contributed by atoms with Crippen molar-refractivity contribution in [3.05, 3.63) is 12.2 Å². The molecule has 0 aliphatic carbocycles. The number of rotatable bonds is 8. The van der Waals surface area contributed by atoms with Gasteiger partial charge in [0.25, 0.3) is 0 Å². The number of aliphatic carboxylic acids is 2. The lowest BCUT2D eigenvalue weighted by Gasteiger charge is -1.99. The third-order valence-electron chi connectivity index (χ3n) is 1.61. The summed E-state index contributed by atoms with van der Waals surface area (Å²) in [4.78, 5) is 19.1. The summed E-state index contributed by atoms with van der Waals surface area (Å²) in [6.07, 6.45) is 5.08. The Morgan fingerprint density at radius 2 is 1.65 bits per heavy atom. The van der Waals surface area contributed by atoms with E-state index >= 15 is 0 Å². The van der Waals surface area contributed by atoms with E-state index in [2.05, 4.69) is 24.9 Å². The third-order valence-corrected chi connectivity index (χ3v) is 1.84. The summed E-state index contributed by atoms with van der Waals surface area (Å²) in [5, 5.41) is 18.9. The van der Waals surface area contributed by atoms with Gasteiger partial charge in [0.2, 0.25) is 0 Å². The molecule has 0 aromatic heterocycles. The average molecular weight is 263 g/mol. The summed E-state index contributed by atoms with van der Waals surface area (Å²) < 4.78 is 0. The second-order valence-corrected chi connectivity index (χ2v) is 3.64. The number of hydrogen-bond donors (Lipinski definition) is 4. The van der Waals surface area contributed by atoms with Gasteiger partial charge in [0.15, 0.2) is 0 Å². The highest BCUT2D eigenvalue weighted by Crippen LogP contribution is 1.90. The molecule has 0 saturated carbocycles. The highest BCUT2D eigenvalue weighted by atomic mass is 32.1. The Labute approximate surface area is 107 Å². The fourth-order valence-corrected chi connectivity index (χ4v) is 1.00. The van der Waals surface area contributed by atoms with E-state index in [1.165, 1.54) is 19.3 Å². The minimum Gasteiger partial charge on any atom is -0.478 e. The molecule has 5 nitrogen and oxygen atoms in total. The Hall–Kier alpha value is -1.01. The van der Waals surface area contributed by atoms with E-state index in [0.717, 1.165) is 18.8 Å². The lowest BCUT2D eigenvalue weighted by Crippen LogP contribution is -2.17. The van der Waals surface area contributed by atoms with Crippen molar-refractivity contribution < 1.29 is 19.8 Å². The second kappa shape index (κ2) is 15.0. The molecule has 100 valence electrons. The number of carbonyl (C=O) groups is 2. The summed E-state index contributed by atoms with van der Waals surface area (Å²) in [6, 6.07) is 0. The van der Waals surface area contributed by atoms with Crippen molar-refractivity contribution in [2.24, 2.45) is 0 Å². The van der Waals surface area contributed by atoms with Crippen LogP contribution in [0.2, 0.25) is 0 Å². The molecule has 0 aromatic carbocycles. The molecule has 6 heteroatoms. The normalized spacial score (nSPS) is 9.76. The van der Waals surface area contributed by atoms with Gasteiger partial charge in [-0.3, -0.25) is 0 Å². The maximum Gasteiger partial charge on any atom is 0.328 e. The van der Waals surface area contributed by atoms with Crippen LogP contribution in [0.25, 0.3) is 0 Å². The van der Waals surface area contributed by atoms with E-state index in [1.807, 2.05) is 0 Å². The Balaban J connectivity index is 0. The fraction of sp³-hybridized carbons (Fsp3) is 0.636. The van der Waals surface area contributed by atoms with Gasteiger partial charge in [-0.1, -0.05) is 19.8 Å². The Bertz CT molecular complexity index is 210. The largest absolute Gasteiger partial charge is 0.478 e. The topological polar surface area (TPSA) is 86.6 Å². The van der Waals surface area contributed by atoms with Crippen molar-refractivity contribution in [3.63, 3.8) is 0 Å². The molecule has 0 radical (unpaired) electrons. The summed E-state index contributed by atoms with van der Waals surface area (Å²) in [7, 11) is 0. The van der Waals surface area contributed by atoms with Crippen molar-refractivity contribution in [1.29, 1.82) is 0 Å². The molecule has 0 fully saturated rings. The van der Waals surface area contributed by atoms with Crippen LogP contribution >= 0.6 is 12.6 Å². The van der Waals surface area contributed by atoms with Gasteiger partial charge in [0.1, 0.15) is 0 Å². The van der Waals surface area contributed by atoms with Crippen molar-refractivity contribution in [1.82, 2.24) is 5.32 Å². The van der Waals surface area contributed by atoms with E-state index in [4.69, 9.17) is 10.2 Å². The maximum absolute atomic E-state index is 9.55. The van der Waals surface area contributed by atoms with Crippen LogP contribution in [0.4, 0.5) is 0 Å². The average Bonchev–Trinajstić information content (AvgIpc) is 2.27.